The highest BCUT2D eigenvalue weighted by Crippen LogP contribution is 2.34. The standard InChI is InChI=1S/C26H23FN4O5S/c1-14-11-15(2)24(16(3)12-14)36-26-19(9-10-20(29-26)18-8-7-17(27)13-21(18)32)25(33)31-37(34,35)23-6-4-5-22(28)30-23/h4-13,32H,1-3H3,(H2,28,30)(H,31,33). The number of pyridine rings is 2. The van der Waals surface area contributed by atoms with Gasteiger partial charge in [0.15, 0.2) is 5.03 Å². The lowest BCUT2D eigenvalue weighted by Crippen LogP contribution is -2.31. The van der Waals surface area contributed by atoms with Crippen molar-refractivity contribution < 1.29 is 27.4 Å². The molecule has 37 heavy (non-hydrogen) atoms. The number of nitrogen functional groups attached to an aromatic ring is 1. The molecule has 2 aromatic heterocycles. The number of anilines is 1. The van der Waals surface area contributed by atoms with Crippen LogP contribution in [0.4, 0.5) is 10.2 Å². The number of benzene rings is 2. The van der Waals surface area contributed by atoms with Crippen LogP contribution in [0.1, 0.15) is 27.0 Å². The van der Waals surface area contributed by atoms with E-state index >= 15 is 0 Å². The van der Waals surface area contributed by atoms with E-state index in [4.69, 9.17) is 10.5 Å². The summed E-state index contributed by atoms with van der Waals surface area (Å²) >= 11 is 0. The van der Waals surface area contributed by atoms with E-state index in [-0.39, 0.29) is 34.3 Å². The van der Waals surface area contributed by atoms with Crippen molar-refractivity contribution in [1.82, 2.24) is 14.7 Å². The lowest BCUT2D eigenvalue weighted by Gasteiger charge is -2.16. The molecule has 0 radical (unpaired) electrons. The number of aromatic hydroxyl groups is 1. The summed E-state index contributed by atoms with van der Waals surface area (Å²) in [5, 5.41) is 9.79. The minimum atomic E-state index is -4.37. The number of sulfonamides is 1. The molecule has 1 amide bonds. The first-order chi connectivity index (χ1) is 17.4. The summed E-state index contributed by atoms with van der Waals surface area (Å²) < 4.78 is 47.1. The number of nitrogens with two attached hydrogens (primary N) is 1. The van der Waals surface area contributed by atoms with Gasteiger partial charge in [0.1, 0.15) is 28.7 Å². The van der Waals surface area contributed by atoms with Gasteiger partial charge >= 0.3 is 0 Å². The van der Waals surface area contributed by atoms with Crippen molar-refractivity contribution in [1.29, 1.82) is 0 Å². The van der Waals surface area contributed by atoms with Gasteiger partial charge in [-0.3, -0.25) is 4.79 Å². The Morgan fingerprint density at radius 2 is 1.70 bits per heavy atom. The van der Waals surface area contributed by atoms with Crippen molar-refractivity contribution >= 4 is 21.7 Å². The first kappa shape index (κ1) is 25.6. The van der Waals surface area contributed by atoms with Crippen molar-refractivity contribution in [2.24, 2.45) is 0 Å². The minimum Gasteiger partial charge on any atom is -0.507 e. The van der Waals surface area contributed by atoms with Crippen molar-refractivity contribution in [3.63, 3.8) is 0 Å². The predicted octanol–water partition coefficient (Wildman–Crippen LogP) is 4.41. The first-order valence-corrected chi connectivity index (χ1v) is 12.5. The smallest absolute Gasteiger partial charge is 0.281 e. The van der Waals surface area contributed by atoms with E-state index in [9.17, 15) is 22.7 Å². The highest BCUT2D eigenvalue weighted by Gasteiger charge is 2.25. The van der Waals surface area contributed by atoms with Crippen LogP contribution >= 0.6 is 0 Å². The number of phenols is 1. The molecule has 190 valence electrons. The molecule has 0 unspecified atom stereocenters. The Morgan fingerprint density at radius 1 is 1.00 bits per heavy atom. The van der Waals surface area contributed by atoms with Crippen LogP contribution in [0.3, 0.4) is 0 Å². The van der Waals surface area contributed by atoms with E-state index in [2.05, 4.69) is 9.97 Å². The van der Waals surface area contributed by atoms with Gasteiger partial charge in [-0.05, 0) is 68.3 Å². The van der Waals surface area contributed by atoms with Gasteiger partial charge in [0.05, 0.1) is 5.69 Å². The Bertz CT molecular complexity index is 1620. The number of amides is 1. The van der Waals surface area contributed by atoms with Gasteiger partial charge in [-0.15, -0.1) is 0 Å². The molecule has 9 nitrogen and oxygen atoms in total. The molecule has 4 aromatic rings. The Morgan fingerprint density at radius 3 is 2.35 bits per heavy atom. The van der Waals surface area contributed by atoms with E-state index in [0.29, 0.717) is 5.75 Å². The third kappa shape index (κ3) is 5.51. The number of carbonyl (C=O) groups is 1. The number of ether oxygens (including phenoxy) is 1. The van der Waals surface area contributed by atoms with Gasteiger partial charge in [-0.1, -0.05) is 23.8 Å². The van der Waals surface area contributed by atoms with Crippen LogP contribution in [0.2, 0.25) is 0 Å². The number of phenolic OH excluding ortho intramolecular Hbond substituents is 1. The number of carbonyl (C=O) groups excluding carboxylic acids is 1. The van der Waals surface area contributed by atoms with E-state index in [1.807, 2.05) is 37.6 Å². The Balaban J connectivity index is 1.80. The molecule has 0 aliphatic rings. The summed E-state index contributed by atoms with van der Waals surface area (Å²) in [6.45, 7) is 5.56. The lowest BCUT2D eigenvalue weighted by atomic mass is 10.1. The van der Waals surface area contributed by atoms with E-state index in [1.54, 1.807) is 0 Å². The van der Waals surface area contributed by atoms with Gasteiger partial charge in [-0.25, -0.2) is 19.1 Å². The fourth-order valence-electron chi connectivity index (χ4n) is 3.80. The van der Waals surface area contributed by atoms with Gasteiger partial charge in [-0.2, -0.15) is 8.42 Å². The van der Waals surface area contributed by atoms with E-state index in [1.165, 1.54) is 36.4 Å². The molecule has 2 aromatic carbocycles. The summed E-state index contributed by atoms with van der Waals surface area (Å²) in [7, 11) is -4.37. The van der Waals surface area contributed by atoms with Gasteiger partial charge in [0, 0.05) is 11.6 Å². The van der Waals surface area contributed by atoms with Crippen LogP contribution in [0.5, 0.6) is 17.4 Å². The third-order valence-corrected chi connectivity index (χ3v) is 6.62. The van der Waals surface area contributed by atoms with Crippen LogP contribution in [0.25, 0.3) is 11.3 Å². The molecule has 4 N–H and O–H groups in total. The molecule has 0 fully saturated rings. The molecule has 0 aliphatic heterocycles. The fourth-order valence-corrected chi connectivity index (χ4v) is 4.74. The highest BCUT2D eigenvalue weighted by molar-refractivity contribution is 7.90. The summed E-state index contributed by atoms with van der Waals surface area (Å²) in [5.74, 6) is -1.86. The minimum absolute atomic E-state index is 0.0326. The number of aromatic nitrogens is 2. The molecule has 0 bridgehead atoms. The number of halogens is 1. The van der Waals surface area contributed by atoms with Gasteiger partial charge in [0.25, 0.3) is 15.9 Å². The number of nitrogens with zero attached hydrogens (tertiary/aromatic N) is 2. The van der Waals surface area contributed by atoms with Crippen LogP contribution < -0.4 is 15.2 Å². The zero-order chi connectivity index (χ0) is 26.9. The normalized spacial score (nSPS) is 11.2. The molecule has 11 heteroatoms. The number of aryl methyl sites for hydroxylation is 3. The second-order valence-corrected chi connectivity index (χ2v) is 10.0. The molecule has 0 saturated carbocycles. The van der Waals surface area contributed by atoms with Crippen LogP contribution in [0.15, 0.2) is 65.7 Å². The number of rotatable bonds is 6. The molecule has 2 heterocycles. The molecule has 0 spiro atoms. The quantitative estimate of drug-likeness (QED) is 0.338. The topological polar surface area (TPSA) is 144 Å². The van der Waals surface area contributed by atoms with Gasteiger partial charge < -0.3 is 15.6 Å². The van der Waals surface area contributed by atoms with Crippen molar-refractivity contribution in [3.8, 4) is 28.6 Å². The average molecular weight is 523 g/mol. The summed E-state index contributed by atoms with van der Waals surface area (Å²) in [6.07, 6.45) is 0. The van der Waals surface area contributed by atoms with Crippen LogP contribution in [-0.2, 0) is 10.0 Å². The van der Waals surface area contributed by atoms with E-state index < -0.39 is 26.8 Å². The Kier molecular flexibility index (Phi) is 6.82. The zero-order valence-corrected chi connectivity index (χ0v) is 20.9. The Hall–Kier alpha value is -4.51. The van der Waals surface area contributed by atoms with Crippen LogP contribution in [-0.4, -0.2) is 29.4 Å². The van der Waals surface area contributed by atoms with Crippen molar-refractivity contribution in [2.75, 3.05) is 5.73 Å². The Labute approximate surface area is 212 Å². The lowest BCUT2D eigenvalue weighted by molar-refractivity contribution is 0.0978. The molecule has 0 saturated heterocycles. The number of hydrogen-bond acceptors (Lipinski definition) is 8. The maximum Gasteiger partial charge on any atom is 0.281 e. The average Bonchev–Trinajstić information content (AvgIpc) is 2.81. The first-order valence-electron chi connectivity index (χ1n) is 11.0. The number of nitrogens with one attached hydrogen (secondary N) is 1. The maximum atomic E-state index is 13.5. The summed E-state index contributed by atoms with van der Waals surface area (Å²) in [5.41, 5.74) is 8.26. The van der Waals surface area contributed by atoms with Crippen LogP contribution in [0, 0.1) is 26.6 Å². The highest BCUT2D eigenvalue weighted by atomic mass is 32.2. The second-order valence-electron chi connectivity index (χ2n) is 8.38. The van der Waals surface area contributed by atoms with Gasteiger partial charge in [0.2, 0.25) is 5.88 Å². The summed E-state index contributed by atoms with van der Waals surface area (Å²) in [4.78, 5) is 21.3. The fraction of sp³-hybridized carbons (Fsp3) is 0.115. The number of hydrogen-bond donors (Lipinski definition) is 3. The molecule has 4 rings (SSSR count). The largest absolute Gasteiger partial charge is 0.507 e. The third-order valence-electron chi connectivity index (χ3n) is 5.39. The monoisotopic (exact) mass is 522 g/mol. The van der Waals surface area contributed by atoms with Crippen molar-refractivity contribution in [2.45, 2.75) is 25.8 Å². The SMILES string of the molecule is Cc1cc(C)c(Oc2nc(-c3ccc(F)cc3O)ccc2C(=O)NS(=O)(=O)c2cccc(N)n2)c(C)c1. The van der Waals surface area contributed by atoms with E-state index in [0.717, 1.165) is 28.8 Å². The molecular formula is C26H23FN4O5S. The molecular weight excluding hydrogens is 499 g/mol. The van der Waals surface area contributed by atoms with Crippen molar-refractivity contribution in [3.05, 3.63) is 88.7 Å². The molecule has 0 aliphatic carbocycles. The second kappa shape index (κ2) is 9.86. The zero-order valence-electron chi connectivity index (χ0n) is 20.1. The summed E-state index contributed by atoms with van der Waals surface area (Å²) in [6, 6.07) is 13.9. The predicted molar refractivity (Wildman–Crippen MR) is 135 cm³/mol. The maximum absolute atomic E-state index is 13.5. The molecule has 0 atom stereocenters.